The van der Waals surface area contributed by atoms with E-state index < -0.39 is 0 Å². The van der Waals surface area contributed by atoms with Crippen LogP contribution in [0.5, 0.6) is 5.75 Å². The zero-order valence-corrected chi connectivity index (χ0v) is 13.0. The molecule has 1 aliphatic carbocycles. The Hall–Kier alpha value is -1.55. The Morgan fingerprint density at radius 3 is 2.67 bits per heavy atom. The number of rotatable bonds is 6. The van der Waals surface area contributed by atoms with Crippen molar-refractivity contribution < 1.29 is 9.53 Å². The van der Waals surface area contributed by atoms with Crippen molar-refractivity contribution in [2.24, 2.45) is 11.7 Å². The van der Waals surface area contributed by atoms with Gasteiger partial charge in [0.1, 0.15) is 12.4 Å². The number of aryl methyl sites for hydroxylation is 2. The molecule has 2 rings (SSSR count). The molecule has 1 saturated carbocycles. The molecular formula is C17H26N2O2. The number of benzene rings is 1. The minimum absolute atomic E-state index is 0.0856. The van der Waals surface area contributed by atoms with Crippen LogP contribution in [0, 0.1) is 19.8 Å². The van der Waals surface area contributed by atoms with Crippen LogP contribution in [0.15, 0.2) is 18.2 Å². The molecule has 0 spiro atoms. The lowest BCUT2D eigenvalue weighted by Gasteiger charge is -2.15. The highest BCUT2D eigenvalue weighted by Crippen LogP contribution is 2.26. The van der Waals surface area contributed by atoms with Crippen LogP contribution >= 0.6 is 0 Å². The summed E-state index contributed by atoms with van der Waals surface area (Å²) in [5, 5.41) is 2.92. The zero-order chi connectivity index (χ0) is 15.2. The fourth-order valence-electron chi connectivity index (χ4n) is 3.00. The number of hydrogen-bond acceptors (Lipinski definition) is 3. The van der Waals surface area contributed by atoms with Gasteiger partial charge < -0.3 is 15.8 Å². The molecule has 0 unspecified atom stereocenters. The number of ether oxygens (including phenoxy) is 1. The molecular weight excluding hydrogens is 264 g/mol. The van der Waals surface area contributed by atoms with Crippen molar-refractivity contribution in [3.8, 4) is 5.75 Å². The van der Waals surface area contributed by atoms with E-state index >= 15 is 0 Å². The van der Waals surface area contributed by atoms with Crippen LogP contribution in [0.4, 0.5) is 0 Å². The molecule has 4 nitrogen and oxygen atoms in total. The van der Waals surface area contributed by atoms with Crippen molar-refractivity contribution in [3.05, 3.63) is 29.3 Å². The van der Waals surface area contributed by atoms with Crippen molar-refractivity contribution in [2.75, 3.05) is 13.2 Å². The van der Waals surface area contributed by atoms with E-state index in [2.05, 4.69) is 5.32 Å². The summed E-state index contributed by atoms with van der Waals surface area (Å²) >= 11 is 0. The highest BCUT2D eigenvalue weighted by atomic mass is 16.5. The molecule has 0 radical (unpaired) electrons. The average molecular weight is 290 g/mol. The van der Waals surface area contributed by atoms with Gasteiger partial charge in [0.2, 0.25) is 5.91 Å². The molecule has 0 heterocycles. The number of nitrogens with one attached hydrogen (secondary N) is 1. The van der Waals surface area contributed by atoms with Gasteiger partial charge in [0, 0.05) is 12.5 Å². The van der Waals surface area contributed by atoms with Gasteiger partial charge in [0.25, 0.3) is 0 Å². The van der Waals surface area contributed by atoms with Crippen LogP contribution in [-0.2, 0) is 4.79 Å². The summed E-state index contributed by atoms with van der Waals surface area (Å²) in [5.41, 5.74) is 8.23. The Morgan fingerprint density at radius 2 is 2.05 bits per heavy atom. The maximum atomic E-state index is 11.9. The first kappa shape index (κ1) is 15.8. The summed E-state index contributed by atoms with van der Waals surface area (Å²) in [6, 6.07) is 6.27. The second-order valence-electron chi connectivity index (χ2n) is 5.98. The molecule has 1 aliphatic rings. The maximum Gasteiger partial charge on any atom is 0.220 e. The van der Waals surface area contributed by atoms with Crippen LogP contribution in [0.3, 0.4) is 0 Å². The smallest absolute Gasteiger partial charge is 0.220 e. The van der Waals surface area contributed by atoms with Gasteiger partial charge in [-0.25, -0.2) is 0 Å². The minimum atomic E-state index is 0.0856. The number of amides is 1. The van der Waals surface area contributed by atoms with E-state index in [1.54, 1.807) is 0 Å². The van der Waals surface area contributed by atoms with Gasteiger partial charge in [-0.05, 0) is 43.7 Å². The molecule has 3 N–H and O–H groups in total. The largest absolute Gasteiger partial charge is 0.491 e. The van der Waals surface area contributed by atoms with Gasteiger partial charge in [-0.2, -0.15) is 0 Å². The first-order valence-electron chi connectivity index (χ1n) is 7.79. The number of hydrogen-bond donors (Lipinski definition) is 2. The Balaban J connectivity index is 1.68. The Morgan fingerprint density at radius 1 is 1.33 bits per heavy atom. The van der Waals surface area contributed by atoms with E-state index in [9.17, 15) is 4.79 Å². The van der Waals surface area contributed by atoms with E-state index in [1.165, 1.54) is 0 Å². The summed E-state index contributed by atoms with van der Waals surface area (Å²) in [4.78, 5) is 11.9. The van der Waals surface area contributed by atoms with Gasteiger partial charge >= 0.3 is 0 Å². The van der Waals surface area contributed by atoms with E-state index in [4.69, 9.17) is 10.5 Å². The van der Waals surface area contributed by atoms with Crippen molar-refractivity contribution in [2.45, 2.75) is 45.6 Å². The standard InChI is InChI=1S/C17H26N2O2/c1-12-5-3-6-13(2)17(12)21-10-9-19-16(20)11-14-7-4-8-15(14)18/h3,5-6,14-15H,4,7-11,18H2,1-2H3,(H,19,20)/t14-,15+/m0/s1. The molecule has 0 aromatic heterocycles. The molecule has 1 fully saturated rings. The minimum Gasteiger partial charge on any atom is -0.491 e. The van der Waals surface area contributed by atoms with E-state index in [1.807, 2.05) is 32.0 Å². The van der Waals surface area contributed by atoms with E-state index in [-0.39, 0.29) is 11.9 Å². The number of carbonyl (C=O) groups is 1. The summed E-state index contributed by atoms with van der Waals surface area (Å²) in [6.45, 7) is 5.09. The van der Waals surface area contributed by atoms with Crippen molar-refractivity contribution in [1.29, 1.82) is 0 Å². The van der Waals surface area contributed by atoms with Gasteiger partial charge in [0.05, 0.1) is 6.54 Å². The average Bonchev–Trinajstić information content (AvgIpc) is 2.83. The van der Waals surface area contributed by atoms with E-state index in [0.29, 0.717) is 25.5 Å². The van der Waals surface area contributed by atoms with Gasteiger partial charge in [-0.3, -0.25) is 4.79 Å². The molecule has 0 saturated heterocycles. The van der Waals surface area contributed by atoms with Crippen LogP contribution < -0.4 is 15.8 Å². The third-order valence-electron chi connectivity index (χ3n) is 4.24. The zero-order valence-electron chi connectivity index (χ0n) is 13.0. The summed E-state index contributed by atoms with van der Waals surface area (Å²) in [6.07, 6.45) is 3.82. The molecule has 1 aromatic rings. The number of nitrogens with two attached hydrogens (primary N) is 1. The topological polar surface area (TPSA) is 64.3 Å². The Bertz CT molecular complexity index is 467. The quantitative estimate of drug-likeness (QED) is 0.790. The first-order valence-corrected chi connectivity index (χ1v) is 7.79. The third kappa shape index (κ3) is 4.46. The lowest BCUT2D eigenvalue weighted by atomic mass is 10.00. The number of para-hydroxylation sites is 1. The van der Waals surface area contributed by atoms with Crippen molar-refractivity contribution in [1.82, 2.24) is 5.32 Å². The number of carbonyl (C=O) groups excluding carboxylic acids is 1. The van der Waals surface area contributed by atoms with Crippen molar-refractivity contribution in [3.63, 3.8) is 0 Å². The van der Waals surface area contributed by atoms with Crippen LogP contribution in [0.2, 0.25) is 0 Å². The molecule has 2 atom stereocenters. The SMILES string of the molecule is Cc1cccc(C)c1OCCNC(=O)C[C@@H]1CCC[C@H]1N. The van der Waals surface area contributed by atoms with Crippen LogP contribution in [0.1, 0.15) is 36.8 Å². The molecule has 4 heteroatoms. The second-order valence-corrected chi connectivity index (χ2v) is 5.98. The molecule has 21 heavy (non-hydrogen) atoms. The normalized spacial score (nSPS) is 21.3. The summed E-state index contributed by atoms with van der Waals surface area (Å²) < 4.78 is 5.77. The lowest BCUT2D eigenvalue weighted by molar-refractivity contribution is -0.122. The highest BCUT2D eigenvalue weighted by Gasteiger charge is 2.25. The maximum absolute atomic E-state index is 11.9. The highest BCUT2D eigenvalue weighted by molar-refractivity contribution is 5.76. The van der Waals surface area contributed by atoms with Gasteiger partial charge in [-0.1, -0.05) is 24.6 Å². The molecule has 0 aliphatic heterocycles. The molecule has 1 amide bonds. The molecule has 0 bridgehead atoms. The van der Waals surface area contributed by atoms with Gasteiger partial charge in [-0.15, -0.1) is 0 Å². The predicted octanol–water partition coefficient (Wildman–Crippen LogP) is 2.32. The van der Waals surface area contributed by atoms with Crippen LogP contribution in [-0.4, -0.2) is 25.1 Å². The predicted molar refractivity (Wildman–Crippen MR) is 84.4 cm³/mol. The Labute approximate surface area is 127 Å². The second kappa shape index (κ2) is 7.46. The third-order valence-corrected chi connectivity index (χ3v) is 4.24. The van der Waals surface area contributed by atoms with Gasteiger partial charge in [0.15, 0.2) is 0 Å². The molecule has 1 aromatic carbocycles. The fourth-order valence-corrected chi connectivity index (χ4v) is 3.00. The van der Waals surface area contributed by atoms with Crippen LogP contribution in [0.25, 0.3) is 0 Å². The first-order chi connectivity index (χ1) is 10.1. The van der Waals surface area contributed by atoms with Crippen molar-refractivity contribution >= 4 is 5.91 Å². The summed E-state index contributed by atoms with van der Waals surface area (Å²) in [5.74, 6) is 1.36. The fraction of sp³-hybridized carbons (Fsp3) is 0.588. The Kier molecular flexibility index (Phi) is 5.62. The van der Waals surface area contributed by atoms with E-state index in [0.717, 1.165) is 36.1 Å². The molecule has 116 valence electrons. The lowest BCUT2D eigenvalue weighted by Crippen LogP contribution is -2.33. The monoisotopic (exact) mass is 290 g/mol. The summed E-state index contributed by atoms with van der Waals surface area (Å²) in [7, 11) is 0.